The molecular formula is C19H17N5O2S3. The smallest absolute Gasteiger partial charge is 0.236 e. The number of fused-ring (bicyclic) bond motifs is 1. The molecule has 1 amide bonds. The number of rotatable bonds is 6. The molecule has 0 aliphatic carbocycles. The molecule has 0 radical (unpaired) electrons. The maximum Gasteiger partial charge on any atom is 0.236 e. The zero-order chi connectivity index (χ0) is 20.4. The quantitative estimate of drug-likeness (QED) is 0.437. The molecule has 0 saturated carbocycles. The van der Waals surface area contributed by atoms with Crippen LogP contribution in [-0.2, 0) is 4.79 Å². The number of carbonyl (C=O) groups excluding carboxylic acids is 1. The summed E-state index contributed by atoms with van der Waals surface area (Å²) in [6.07, 6.45) is 0. The third-order valence-corrected chi connectivity index (χ3v) is 6.75. The van der Waals surface area contributed by atoms with Crippen LogP contribution in [-0.4, -0.2) is 38.9 Å². The van der Waals surface area contributed by atoms with Crippen LogP contribution in [0.25, 0.3) is 21.5 Å². The van der Waals surface area contributed by atoms with E-state index >= 15 is 0 Å². The Kier molecular flexibility index (Phi) is 5.74. The number of carbonyl (C=O) groups is 1. The number of aromatic nitrogens is 4. The first-order valence-corrected chi connectivity index (χ1v) is 11.3. The Morgan fingerprint density at radius 2 is 2.10 bits per heavy atom. The van der Waals surface area contributed by atoms with Crippen LogP contribution in [0.1, 0.15) is 10.7 Å². The standard InChI is InChI=1S/C19H17N5O2S3/c1-10-8-28-19(20-10)22-14(25)9-27-18-16-17(29-11(2)21-16)15(23-24-18)12-5-4-6-13(7-12)26-3/h4-8H,9H2,1-3H3,(H,20,22,25). The normalized spacial score (nSPS) is 11.0. The molecule has 0 bridgehead atoms. The first-order valence-electron chi connectivity index (χ1n) is 8.66. The highest BCUT2D eigenvalue weighted by Gasteiger charge is 2.17. The van der Waals surface area contributed by atoms with Gasteiger partial charge in [0.25, 0.3) is 0 Å². The van der Waals surface area contributed by atoms with E-state index in [4.69, 9.17) is 4.74 Å². The monoisotopic (exact) mass is 443 g/mol. The Hall–Kier alpha value is -2.56. The van der Waals surface area contributed by atoms with Gasteiger partial charge in [0.05, 0.1) is 28.3 Å². The van der Waals surface area contributed by atoms with Crippen molar-refractivity contribution >= 4 is 55.7 Å². The van der Waals surface area contributed by atoms with E-state index in [0.29, 0.717) is 10.2 Å². The van der Waals surface area contributed by atoms with Gasteiger partial charge in [0.15, 0.2) is 5.13 Å². The topological polar surface area (TPSA) is 89.9 Å². The number of benzene rings is 1. The molecule has 1 N–H and O–H groups in total. The molecule has 0 aliphatic rings. The van der Waals surface area contributed by atoms with Crippen LogP contribution < -0.4 is 10.1 Å². The maximum absolute atomic E-state index is 12.3. The van der Waals surface area contributed by atoms with E-state index in [1.54, 1.807) is 18.4 Å². The molecule has 4 aromatic rings. The number of methoxy groups -OCH3 is 1. The molecule has 4 rings (SSSR count). The van der Waals surface area contributed by atoms with Gasteiger partial charge in [-0.3, -0.25) is 4.79 Å². The SMILES string of the molecule is COc1cccc(-c2nnc(SCC(=O)Nc3nc(C)cs3)c3nc(C)sc23)c1. The largest absolute Gasteiger partial charge is 0.497 e. The van der Waals surface area contributed by atoms with Crippen LogP contribution in [0, 0.1) is 13.8 Å². The lowest BCUT2D eigenvalue weighted by Gasteiger charge is -2.06. The lowest BCUT2D eigenvalue weighted by Crippen LogP contribution is -2.14. The number of nitrogens with one attached hydrogen (secondary N) is 1. The molecule has 0 fully saturated rings. The summed E-state index contributed by atoms with van der Waals surface area (Å²) in [6.45, 7) is 3.84. The predicted octanol–water partition coefficient (Wildman–Crippen LogP) is 4.57. The Labute approximate surface area is 179 Å². The van der Waals surface area contributed by atoms with Gasteiger partial charge in [0, 0.05) is 10.9 Å². The summed E-state index contributed by atoms with van der Waals surface area (Å²) in [5, 5.41) is 15.7. The van der Waals surface area contributed by atoms with Crippen molar-refractivity contribution in [3.05, 3.63) is 40.3 Å². The number of aryl methyl sites for hydroxylation is 2. The van der Waals surface area contributed by atoms with Crippen LogP contribution in [0.5, 0.6) is 5.75 Å². The van der Waals surface area contributed by atoms with Crippen LogP contribution in [0.4, 0.5) is 5.13 Å². The summed E-state index contributed by atoms with van der Waals surface area (Å²) in [6, 6.07) is 7.70. The van der Waals surface area contributed by atoms with E-state index in [9.17, 15) is 4.79 Å². The first kappa shape index (κ1) is 19.7. The molecule has 10 heteroatoms. The number of anilines is 1. The van der Waals surface area contributed by atoms with Crippen molar-refractivity contribution in [3.63, 3.8) is 0 Å². The zero-order valence-corrected chi connectivity index (χ0v) is 18.4. The highest BCUT2D eigenvalue weighted by molar-refractivity contribution is 8.00. The van der Waals surface area contributed by atoms with Gasteiger partial charge >= 0.3 is 0 Å². The summed E-state index contributed by atoms with van der Waals surface area (Å²) in [4.78, 5) is 21.1. The number of amides is 1. The molecule has 0 spiro atoms. The third kappa shape index (κ3) is 4.39. The van der Waals surface area contributed by atoms with Gasteiger partial charge in [-0.15, -0.1) is 32.9 Å². The van der Waals surface area contributed by atoms with Crippen LogP contribution >= 0.6 is 34.4 Å². The van der Waals surface area contributed by atoms with Crippen molar-refractivity contribution < 1.29 is 9.53 Å². The molecule has 0 unspecified atom stereocenters. The Bertz CT molecular complexity index is 1190. The molecule has 29 heavy (non-hydrogen) atoms. The molecule has 0 atom stereocenters. The van der Waals surface area contributed by atoms with E-state index in [-0.39, 0.29) is 11.7 Å². The summed E-state index contributed by atoms with van der Waals surface area (Å²) in [5.74, 6) is 0.826. The van der Waals surface area contributed by atoms with E-state index in [2.05, 4.69) is 25.5 Å². The fraction of sp³-hybridized carbons (Fsp3) is 0.211. The molecule has 0 saturated heterocycles. The Morgan fingerprint density at radius 3 is 2.86 bits per heavy atom. The summed E-state index contributed by atoms with van der Waals surface area (Å²) >= 11 is 4.29. The van der Waals surface area contributed by atoms with Gasteiger partial charge in [-0.1, -0.05) is 23.9 Å². The molecular weight excluding hydrogens is 426 g/mol. The van der Waals surface area contributed by atoms with E-state index < -0.39 is 0 Å². The van der Waals surface area contributed by atoms with Crippen molar-refractivity contribution in [2.24, 2.45) is 0 Å². The van der Waals surface area contributed by atoms with E-state index in [1.807, 2.05) is 43.5 Å². The van der Waals surface area contributed by atoms with Crippen molar-refractivity contribution in [2.75, 3.05) is 18.2 Å². The van der Waals surface area contributed by atoms with Gasteiger partial charge in [0.1, 0.15) is 22.0 Å². The number of nitrogens with zero attached hydrogens (tertiary/aromatic N) is 4. The minimum atomic E-state index is -0.136. The first-order chi connectivity index (χ1) is 14.0. The van der Waals surface area contributed by atoms with Crippen LogP contribution in [0.2, 0.25) is 0 Å². The second-order valence-electron chi connectivity index (χ2n) is 6.13. The van der Waals surface area contributed by atoms with Gasteiger partial charge in [-0.25, -0.2) is 9.97 Å². The average molecular weight is 444 g/mol. The van der Waals surface area contributed by atoms with Crippen molar-refractivity contribution in [3.8, 4) is 17.0 Å². The van der Waals surface area contributed by atoms with E-state index in [0.717, 1.165) is 37.9 Å². The summed E-state index contributed by atoms with van der Waals surface area (Å²) in [7, 11) is 1.63. The Morgan fingerprint density at radius 1 is 1.24 bits per heavy atom. The number of thioether (sulfide) groups is 1. The highest BCUT2D eigenvalue weighted by atomic mass is 32.2. The Balaban J connectivity index is 1.58. The number of thiazole rings is 2. The fourth-order valence-electron chi connectivity index (χ4n) is 2.68. The second kappa shape index (κ2) is 8.44. The molecule has 7 nitrogen and oxygen atoms in total. The van der Waals surface area contributed by atoms with Crippen molar-refractivity contribution in [1.82, 2.24) is 20.2 Å². The van der Waals surface area contributed by atoms with Gasteiger partial charge in [-0.2, -0.15) is 0 Å². The molecule has 3 aromatic heterocycles. The minimum Gasteiger partial charge on any atom is -0.497 e. The number of ether oxygens (including phenoxy) is 1. The van der Waals surface area contributed by atoms with Gasteiger partial charge in [0.2, 0.25) is 5.91 Å². The summed E-state index contributed by atoms with van der Waals surface area (Å²) in [5.41, 5.74) is 3.33. The average Bonchev–Trinajstić information content (AvgIpc) is 3.30. The maximum atomic E-state index is 12.3. The van der Waals surface area contributed by atoms with Crippen LogP contribution in [0.15, 0.2) is 34.7 Å². The second-order valence-corrected chi connectivity index (χ2v) is 9.15. The zero-order valence-electron chi connectivity index (χ0n) is 15.9. The fourth-order valence-corrected chi connectivity index (χ4v) is 5.10. The predicted molar refractivity (Wildman–Crippen MR) is 118 cm³/mol. The summed E-state index contributed by atoms with van der Waals surface area (Å²) < 4.78 is 6.27. The van der Waals surface area contributed by atoms with Crippen molar-refractivity contribution in [1.29, 1.82) is 0 Å². The minimum absolute atomic E-state index is 0.136. The highest BCUT2D eigenvalue weighted by Crippen LogP contribution is 2.36. The van der Waals surface area contributed by atoms with Gasteiger partial charge in [-0.05, 0) is 26.0 Å². The number of hydrogen-bond acceptors (Lipinski definition) is 9. The van der Waals surface area contributed by atoms with Crippen molar-refractivity contribution in [2.45, 2.75) is 18.9 Å². The third-order valence-electron chi connectivity index (χ3n) is 3.94. The molecule has 0 aliphatic heterocycles. The lowest BCUT2D eigenvalue weighted by atomic mass is 10.1. The lowest BCUT2D eigenvalue weighted by molar-refractivity contribution is -0.113. The molecule has 1 aromatic carbocycles. The number of hydrogen-bond donors (Lipinski definition) is 1. The molecule has 3 heterocycles. The van der Waals surface area contributed by atoms with E-state index in [1.165, 1.54) is 23.1 Å². The van der Waals surface area contributed by atoms with Crippen LogP contribution in [0.3, 0.4) is 0 Å². The van der Waals surface area contributed by atoms with Gasteiger partial charge < -0.3 is 10.1 Å². The molecule has 148 valence electrons.